The van der Waals surface area contributed by atoms with Crippen molar-refractivity contribution in [2.45, 2.75) is 9.79 Å². The van der Waals surface area contributed by atoms with Crippen LogP contribution in [0.3, 0.4) is 0 Å². The van der Waals surface area contributed by atoms with Crippen molar-refractivity contribution in [3.05, 3.63) is 56.6 Å². The van der Waals surface area contributed by atoms with Crippen LogP contribution in [-0.2, 0) is 10.8 Å². The predicted molar refractivity (Wildman–Crippen MR) is 69.9 cm³/mol. The Morgan fingerprint density at radius 3 is 1.55 bits per heavy atom. The lowest BCUT2D eigenvalue weighted by atomic mass is 10.0. The number of nitro benzene ring substituents is 2. The maximum Gasteiger partial charge on any atom is 0.270 e. The van der Waals surface area contributed by atoms with E-state index in [2.05, 4.69) is 0 Å². The van der Waals surface area contributed by atoms with Gasteiger partial charge in [-0.25, -0.2) is 4.21 Å². The monoisotopic (exact) mass is 290 g/mol. The molecule has 0 unspecified atom stereocenters. The van der Waals surface area contributed by atoms with Crippen molar-refractivity contribution in [2.75, 3.05) is 0 Å². The van der Waals surface area contributed by atoms with Crippen molar-refractivity contribution < 1.29 is 14.1 Å². The third-order valence-corrected chi connectivity index (χ3v) is 4.55. The van der Waals surface area contributed by atoms with Crippen LogP contribution in [0.25, 0.3) is 11.1 Å². The molecule has 0 fully saturated rings. The van der Waals surface area contributed by atoms with Gasteiger partial charge in [-0.2, -0.15) is 0 Å². The summed E-state index contributed by atoms with van der Waals surface area (Å²) < 4.78 is 12.2. The summed E-state index contributed by atoms with van der Waals surface area (Å²) in [7, 11) is -1.46. The Balaban J connectivity index is 2.27. The van der Waals surface area contributed by atoms with E-state index in [0.29, 0.717) is 20.9 Å². The zero-order valence-corrected chi connectivity index (χ0v) is 10.6. The summed E-state index contributed by atoms with van der Waals surface area (Å²) >= 11 is 0. The maximum atomic E-state index is 12.2. The van der Waals surface area contributed by atoms with Gasteiger partial charge in [0.05, 0.1) is 30.4 Å². The standard InChI is InChI=1S/C12H6N2O5S/c15-13(16)7-1-3-11-9(5-7)10-6-8(14(17)18)2-4-12(10)20(11)19/h1-6H. The first kappa shape index (κ1) is 12.4. The fourth-order valence-corrected chi connectivity index (χ4v) is 3.48. The van der Waals surface area contributed by atoms with Crippen molar-refractivity contribution >= 4 is 22.2 Å². The van der Waals surface area contributed by atoms with E-state index in [4.69, 9.17) is 0 Å². The first-order valence-corrected chi connectivity index (χ1v) is 6.63. The average molecular weight is 290 g/mol. The highest BCUT2D eigenvalue weighted by Crippen LogP contribution is 2.43. The molecule has 1 aliphatic heterocycles. The van der Waals surface area contributed by atoms with Crippen molar-refractivity contribution in [1.29, 1.82) is 0 Å². The van der Waals surface area contributed by atoms with Gasteiger partial charge in [-0.1, -0.05) is 0 Å². The molecule has 0 aromatic heterocycles. The lowest BCUT2D eigenvalue weighted by Gasteiger charge is -1.99. The zero-order chi connectivity index (χ0) is 14.4. The molecule has 0 bridgehead atoms. The van der Waals surface area contributed by atoms with Gasteiger partial charge in [0.25, 0.3) is 11.4 Å². The van der Waals surface area contributed by atoms with E-state index in [1.165, 1.54) is 36.4 Å². The molecule has 1 heterocycles. The average Bonchev–Trinajstić information content (AvgIpc) is 2.71. The fourth-order valence-electron chi connectivity index (χ4n) is 2.13. The maximum absolute atomic E-state index is 12.2. The van der Waals surface area contributed by atoms with Crippen LogP contribution in [0.1, 0.15) is 0 Å². The Morgan fingerprint density at radius 2 is 1.20 bits per heavy atom. The molecule has 3 rings (SSSR count). The zero-order valence-electron chi connectivity index (χ0n) is 9.81. The second-order valence-corrected chi connectivity index (χ2v) is 5.56. The van der Waals surface area contributed by atoms with E-state index in [1.807, 2.05) is 0 Å². The third kappa shape index (κ3) is 1.69. The molecular formula is C12H6N2O5S. The second kappa shape index (κ2) is 4.20. The van der Waals surface area contributed by atoms with Crippen molar-refractivity contribution in [1.82, 2.24) is 0 Å². The van der Waals surface area contributed by atoms with E-state index in [9.17, 15) is 24.4 Å². The van der Waals surface area contributed by atoms with Crippen LogP contribution in [0.4, 0.5) is 11.4 Å². The Morgan fingerprint density at radius 1 is 0.800 bits per heavy atom. The van der Waals surface area contributed by atoms with Crippen LogP contribution in [0, 0.1) is 20.2 Å². The highest BCUT2D eigenvalue weighted by atomic mass is 32.2. The molecular weight excluding hydrogens is 284 g/mol. The number of hydrogen-bond donors (Lipinski definition) is 0. The van der Waals surface area contributed by atoms with E-state index in [-0.39, 0.29) is 11.4 Å². The van der Waals surface area contributed by atoms with Gasteiger partial charge >= 0.3 is 0 Å². The smallest absolute Gasteiger partial charge is 0.258 e. The molecule has 0 aliphatic carbocycles. The van der Waals surface area contributed by atoms with Crippen LogP contribution in [0.5, 0.6) is 0 Å². The van der Waals surface area contributed by atoms with Crippen LogP contribution in [0.2, 0.25) is 0 Å². The van der Waals surface area contributed by atoms with Crippen molar-refractivity contribution in [3.63, 3.8) is 0 Å². The van der Waals surface area contributed by atoms with Gasteiger partial charge < -0.3 is 0 Å². The number of hydrogen-bond acceptors (Lipinski definition) is 5. The van der Waals surface area contributed by atoms with E-state index < -0.39 is 20.6 Å². The first-order valence-electron chi connectivity index (χ1n) is 5.48. The molecule has 7 nitrogen and oxygen atoms in total. The van der Waals surface area contributed by atoms with Gasteiger partial charge in [-0.05, 0) is 12.1 Å². The summed E-state index contributed by atoms with van der Waals surface area (Å²) in [5.41, 5.74) is 0.549. The molecule has 0 amide bonds. The summed E-state index contributed by atoms with van der Waals surface area (Å²) in [6.07, 6.45) is 0. The summed E-state index contributed by atoms with van der Waals surface area (Å²) in [4.78, 5) is 21.3. The highest BCUT2D eigenvalue weighted by molar-refractivity contribution is 7.85. The van der Waals surface area contributed by atoms with Gasteiger partial charge in [0.2, 0.25) is 0 Å². The summed E-state index contributed by atoms with van der Waals surface area (Å²) in [6.45, 7) is 0. The quantitative estimate of drug-likeness (QED) is 0.533. The third-order valence-electron chi connectivity index (χ3n) is 3.04. The molecule has 0 saturated carbocycles. The largest absolute Gasteiger partial charge is 0.270 e. The lowest BCUT2D eigenvalue weighted by molar-refractivity contribution is -0.385. The Kier molecular flexibility index (Phi) is 2.61. The number of non-ortho nitro benzene ring substituents is 2. The summed E-state index contributed by atoms with van der Waals surface area (Å²) in [6, 6.07) is 7.99. The molecule has 0 atom stereocenters. The Labute approximate surface area is 114 Å². The minimum absolute atomic E-state index is 0.139. The van der Waals surface area contributed by atoms with Gasteiger partial charge in [-0.3, -0.25) is 20.2 Å². The molecule has 8 heteroatoms. The number of nitro groups is 2. The molecule has 2 aromatic carbocycles. The molecule has 2 aromatic rings. The Hall–Kier alpha value is -2.61. The van der Waals surface area contributed by atoms with E-state index in [1.54, 1.807) is 0 Å². The molecule has 0 N–H and O–H groups in total. The molecule has 0 spiro atoms. The second-order valence-electron chi connectivity index (χ2n) is 4.14. The van der Waals surface area contributed by atoms with Crippen molar-refractivity contribution in [2.24, 2.45) is 0 Å². The molecule has 0 saturated heterocycles. The van der Waals surface area contributed by atoms with Crippen LogP contribution >= 0.6 is 0 Å². The van der Waals surface area contributed by atoms with Crippen LogP contribution in [0.15, 0.2) is 46.2 Å². The predicted octanol–water partition coefficient (Wildman–Crippen LogP) is 2.65. The SMILES string of the molecule is O=[N+]([O-])c1ccc2c(c1)-c1cc([N+](=O)[O-])ccc1S2=O. The molecule has 100 valence electrons. The lowest BCUT2D eigenvalue weighted by Crippen LogP contribution is -1.90. The van der Waals surface area contributed by atoms with Gasteiger partial charge in [0, 0.05) is 35.4 Å². The number of benzene rings is 2. The van der Waals surface area contributed by atoms with Crippen molar-refractivity contribution in [3.8, 4) is 11.1 Å². The highest BCUT2D eigenvalue weighted by Gasteiger charge is 2.29. The fraction of sp³-hybridized carbons (Fsp3) is 0. The van der Waals surface area contributed by atoms with Gasteiger partial charge in [0.1, 0.15) is 0 Å². The first-order chi connectivity index (χ1) is 9.49. The number of fused-ring (bicyclic) bond motifs is 3. The van der Waals surface area contributed by atoms with Crippen LogP contribution in [-0.4, -0.2) is 14.1 Å². The molecule has 0 radical (unpaired) electrons. The van der Waals surface area contributed by atoms with E-state index in [0.717, 1.165) is 0 Å². The van der Waals surface area contributed by atoms with Gasteiger partial charge in [-0.15, -0.1) is 0 Å². The molecule has 1 aliphatic rings. The summed E-state index contributed by atoms with van der Waals surface area (Å²) in [5, 5.41) is 21.6. The van der Waals surface area contributed by atoms with Crippen LogP contribution < -0.4 is 0 Å². The minimum atomic E-state index is -1.46. The Bertz CT molecular complexity index is 737. The minimum Gasteiger partial charge on any atom is -0.258 e. The topological polar surface area (TPSA) is 103 Å². The molecule has 20 heavy (non-hydrogen) atoms. The normalized spacial score (nSPS) is 12.8. The van der Waals surface area contributed by atoms with Gasteiger partial charge in [0.15, 0.2) is 0 Å². The van der Waals surface area contributed by atoms with E-state index >= 15 is 0 Å². The number of nitrogens with zero attached hydrogens (tertiary/aromatic N) is 2. The number of rotatable bonds is 2. The summed E-state index contributed by atoms with van der Waals surface area (Å²) in [5.74, 6) is 0.